The molecule has 0 fully saturated rings. The second kappa shape index (κ2) is 6.33. The van der Waals surface area contributed by atoms with Crippen molar-refractivity contribution in [3.05, 3.63) is 51.4 Å². The first-order valence-electron chi connectivity index (χ1n) is 6.41. The fourth-order valence-electron chi connectivity index (χ4n) is 1.88. The molecule has 22 heavy (non-hydrogen) atoms. The van der Waals surface area contributed by atoms with Gasteiger partial charge in [0.1, 0.15) is 11.5 Å². The number of hydrazine groups is 1. The molecule has 1 aliphatic heterocycles. The van der Waals surface area contributed by atoms with E-state index in [9.17, 15) is 9.18 Å². The molecule has 0 radical (unpaired) electrons. The summed E-state index contributed by atoms with van der Waals surface area (Å²) in [6.07, 6.45) is -0.336. The van der Waals surface area contributed by atoms with Crippen molar-refractivity contribution in [3.63, 3.8) is 0 Å². The van der Waals surface area contributed by atoms with E-state index in [2.05, 4.69) is 16.0 Å². The highest BCUT2D eigenvalue weighted by Gasteiger charge is 2.29. The normalized spacial score (nSPS) is 16.8. The number of hydrogen-bond acceptors (Lipinski definition) is 5. The maximum atomic E-state index is 12.8. The fourth-order valence-corrected chi connectivity index (χ4v) is 2.91. The number of anilines is 1. The number of thiophene rings is 1. The third-order valence-electron chi connectivity index (χ3n) is 2.99. The Hall–Kier alpha value is -2.12. The standard InChI is InChI=1S/C14H11ClFN3O2S/c15-13-6-5-12(22-13)10-7-11(21-19-10)14(20)18-17-9-3-1-8(16)2-4-9/h1-6,11,17H,7H2,(H,18,20)/t11-/m0/s1. The average molecular weight is 340 g/mol. The minimum absolute atomic E-state index is 0.344. The van der Waals surface area contributed by atoms with Crippen molar-refractivity contribution in [1.29, 1.82) is 0 Å². The van der Waals surface area contributed by atoms with Crippen molar-refractivity contribution in [1.82, 2.24) is 5.43 Å². The second-order valence-electron chi connectivity index (χ2n) is 4.56. The van der Waals surface area contributed by atoms with Crippen LogP contribution >= 0.6 is 22.9 Å². The molecule has 2 aromatic rings. The molecule has 0 aliphatic carbocycles. The number of hydrogen-bond donors (Lipinski definition) is 2. The maximum Gasteiger partial charge on any atom is 0.282 e. The van der Waals surface area contributed by atoms with E-state index in [0.29, 0.717) is 22.2 Å². The van der Waals surface area contributed by atoms with Crippen LogP contribution in [0.2, 0.25) is 4.34 Å². The molecule has 0 saturated carbocycles. The summed E-state index contributed by atoms with van der Waals surface area (Å²) in [5.41, 5.74) is 6.46. The van der Waals surface area contributed by atoms with E-state index in [1.807, 2.05) is 6.07 Å². The monoisotopic (exact) mass is 339 g/mol. The van der Waals surface area contributed by atoms with Crippen LogP contribution in [0, 0.1) is 5.82 Å². The Morgan fingerprint density at radius 1 is 1.32 bits per heavy atom. The van der Waals surface area contributed by atoms with Gasteiger partial charge in [-0.3, -0.25) is 15.6 Å². The SMILES string of the molecule is O=C(NNc1ccc(F)cc1)[C@@H]1CC(c2ccc(Cl)s2)=NO1. The number of nitrogens with zero attached hydrogens (tertiary/aromatic N) is 1. The van der Waals surface area contributed by atoms with E-state index in [4.69, 9.17) is 16.4 Å². The number of carbonyl (C=O) groups is 1. The summed E-state index contributed by atoms with van der Waals surface area (Å²) >= 11 is 7.26. The first-order chi connectivity index (χ1) is 10.6. The maximum absolute atomic E-state index is 12.8. The van der Waals surface area contributed by atoms with Crippen LogP contribution in [0.1, 0.15) is 11.3 Å². The summed E-state index contributed by atoms with van der Waals surface area (Å²) in [5.74, 6) is -0.700. The molecule has 8 heteroatoms. The lowest BCUT2D eigenvalue weighted by Gasteiger charge is -2.11. The van der Waals surface area contributed by atoms with Crippen molar-refractivity contribution in [3.8, 4) is 0 Å². The summed E-state index contributed by atoms with van der Waals surface area (Å²) in [6.45, 7) is 0. The smallest absolute Gasteiger partial charge is 0.282 e. The van der Waals surface area contributed by atoms with Gasteiger partial charge in [-0.25, -0.2) is 4.39 Å². The molecule has 1 aliphatic rings. The number of nitrogens with one attached hydrogen (secondary N) is 2. The van der Waals surface area contributed by atoms with Crippen molar-refractivity contribution in [2.45, 2.75) is 12.5 Å². The molecule has 1 aromatic carbocycles. The molecule has 3 rings (SSSR count). The summed E-state index contributed by atoms with van der Waals surface area (Å²) in [5, 5.41) is 3.92. The lowest BCUT2D eigenvalue weighted by atomic mass is 10.1. The third-order valence-corrected chi connectivity index (χ3v) is 4.27. The number of rotatable bonds is 4. The first-order valence-corrected chi connectivity index (χ1v) is 7.61. The van der Waals surface area contributed by atoms with E-state index in [1.54, 1.807) is 6.07 Å². The molecule has 2 N–H and O–H groups in total. The van der Waals surface area contributed by atoms with Gasteiger partial charge in [-0.2, -0.15) is 0 Å². The van der Waals surface area contributed by atoms with Gasteiger partial charge >= 0.3 is 0 Å². The van der Waals surface area contributed by atoms with Crippen LogP contribution in [0.15, 0.2) is 41.6 Å². The summed E-state index contributed by atoms with van der Waals surface area (Å²) in [4.78, 5) is 18.0. The molecule has 0 spiro atoms. The highest BCUT2D eigenvalue weighted by Crippen LogP contribution is 2.26. The molecule has 0 bridgehead atoms. The lowest BCUT2D eigenvalue weighted by Crippen LogP contribution is -2.38. The predicted octanol–water partition coefficient (Wildman–Crippen LogP) is 3.18. The molecule has 2 heterocycles. The molecular formula is C14H11ClFN3O2S. The fraction of sp³-hybridized carbons (Fsp3) is 0.143. The molecule has 0 unspecified atom stereocenters. The zero-order valence-corrected chi connectivity index (χ0v) is 12.7. The van der Waals surface area contributed by atoms with E-state index in [1.165, 1.54) is 35.6 Å². The van der Waals surface area contributed by atoms with Crippen LogP contribution in [-0.2, 0) is 9.63 Å². The quantitative estimate of drug-likeness (QED) is 0.841. The van der Waals surface area contributed by atoms with Crippen molar-refractivity contribution < 1.29 is 14.0 Å². The molecule has 1 aromatic heterocycles. The number of amides is 1. The summed E-state index contributed by atoms with van der Waals surface area (Å²) in [6, 6.07) is 9.23. The average Bonchev–Trinajstić information content (AvgIpc) is 3.15. The van der Waals surface area contributed by atoms with Gasteiger partial charge in [-0.1, -0.05) is 16.8 Å². The van der Waals surface area contributed by atoms with Crippen molar-refractivity contribution >= 4 is 40.2 Å². The molecule has 1 atom stereocenters. The second-order valence-corrected chi connectivity index (χ2v) is 6.28. The van der Waals surface area contributed by atoms with E-state index >= 15 is 0 Å². The van der Waals surface area contributed by atoms with Gasteiger partial charge in [0.15, 0.2) is 0 Å². The van der Waals surface area contributed by atoms with Crippen LogP contribution in [0.5, 0.6) is 0 Å². The van der Waals surface area contributed by atoms with Crippen LogP contribution in [0.3, 0.4) is 0 Å². The number of oxime groups is 1. The van der Waals surface area contributed by atoms with Crippen LogP contribution < -0.4 is 10.9 Å². The van der Waals surface area contributed by atoms with Crippen LogP contribution in [0.4, 0.5) is 10.1 Å². The van der Waals surface area contributed by atoms with Crippen molar-refractivity contribution in [2.24, 2.45) is 5.16 Å². The summed E-state index contributed by atoms with van der Waals surface area (Å²) < 4.78 is 13.4. The van der Waals surface area contributed by atoms with Crippen molar-refractivity contribution in [2.75, 3.05) is 5.43 Å². The Kier molecular flexibility index (Phi) is 4.26. The minimum Gasteiger partial charge on any atom is -0.382 e. The number of carbonyl (C=O) groups excluding carboxylic acids is 1. The van der Waals surface area contributed by atoms with Gasteiger partial charge < -0.3 is 4.84 Å². The van der Waals surface area contributed by atoms with E-state index in [0.717, 1.165) is 4.88 Å². The Bertz CT molecular complexity index is 717. The molecule has 0 saturated heterocycles. The van der Waals surface area contributed by atoms with Crippen LogP contribution in [0.25, 0.3) is 0 Å². The predicted molar refractivity (Wildman–Crippen MR) is 83.5 cm³/mol. The molecule has 114 valence electrons. The summed E-state index contributed by atoms with van der Waals surface area (Å²) in [7, 11) is 0. The minimum atomic E-state index is -0.705. The van der Waals surface area contributed by atoms with Gasteiger partial charge in [-0.15, -0.1) is 11.3 Å². The van der Waals surface area contributed by atoms with E-state index < -0.39 is 6.10 Å². The third kappa shape index (κ3) is 3.37. The number of halogens is 2. The van der Waals surface area contributed by atoms with E-state index in [-0.39, 0.29) is 11.7 Å². The van der Waals surface area contributed by atoms with Gasteiger partial charge in [0.2, 0.25) is 6.10 Å². The highest BCUT2D eigenvalue weighted by molar-refractivity contribution is 7.18. The zero-order valence-electron chi connectivity index (χ0n) is 11.2. The highest BCUT2D eigenvalue weighted by atomic mass is 35.5. The first kappa shape index (κ1) is 14.8. The number of benzene rings is 1. The Labute approximate surface area is 134 Å². The zero-order chi connectivity index (χ0) is 15.5. The topological polar surface area (TPSA) is 62.7 Å². The van der Waals surface area contributed by atoms with Gasteiger partial charge in [0.05, 0.1) is 14.9 Å². The van der Waals surface area contributed by atoms with Gasteiger partial charge in [-0.05, 0) is 36.4 Å². The lowest BCUT2D eigenvalue weighted by molar-refractivity contribution is -0.130. The Morgan fingerprint density at radius 3 is 2.77 bits per heavy atom. The Balaban J connectivity index is 1.53. The van der Waals surface area contributed by atoms with Gasteiger partial charge in [0, 0.05) is 6.42 Å². The molecular weight excluding hydrogens is 329 g/mol. The molecule has 1 amide bonds. The van der Waals surface area contributed by atoms with Crippen LogP contribution in [-0.4, -0.2) is 17.7 Å². The largest absolute Gasteiger partial charge is 0.382 e. The molecule has 5 nitrogen and oxygen atoms in total. The Morgan fingerprint density at radius 2 is 2.09 bits per heavy atom. The van der Waals surface area contributed by atoms with Gasteiger partial charge in [0.25, 0.3) is 5.91 Å².